The van der Waals surface area contributed by atoms with Gasteiger partial charge in [-0.1, -0.05) is 18.7 Å². The molecule has 0 bridgehead atoms. The summed E-state index contributed by atoms with van der Waals surface area (Å²) >= 11 is 0. The molecule has 0 fully saturated rings. The first kappa shape index (κ1) is 19.2. The Morgan fingerprint density at radius 1 is 1.29 bits per heavy atom. The van der Waals surface area contributed by atoms with Crippen molar-refractivity contribution in [1.82, 2.24) is 0 Å². The van der Waals surface area contributed by atoms with Crippen LogP contribution in [-0.4, -0.2) is 13.9 Å². The smallest absolute Gasteiger partial charge is 0.534 e. The standard InChI is InChI=1S/C8H6F3O3S.BrH.Zn/c1-6-3-2-4-7(5-6)14-15(12,13)8(9,10)11;;/h2-5H,1H2;1H;/p-1. The molecule has 0 unspecified atom stereocenters. The molecular formula is C8H6BrF3O3SZn-. The van der Waals surface area contributed by atoms with Crippen molar-refractivity contribution in [3.63, 3.8) is 0 Å². The maximum atomic E-state index is 11.9. The molecule has 1 aliphatic rings. The fourth-order valence-electron chi connectivity index (χ4n) is 0.771. The first-order valence-electron chi connectivity index (χ1n) is 3.65. The molecule has 1 rings (SSSR count). The molecule has 0 spiro atoms. The quantitative estimate of drug-likeness (QED) is 0.351. The van der Waals surface area contributed by atoms with Gasteiger partial charge in [0.1, 0.15) is 5.76 Å². The number of halogens is 4. The van der Waals surface area contributed by atoms with Crippen LogP contribution in [0.5, 0.6) is 0 Å². The number of rotatable bonds is 2. The molecular weight excluding hydrogens is 378 g/mol. The zero-order chi connectivity index (χ0) is 11.7. The molecule has 0 amide bonds. The van der Waals surface area contributed by atoms with Gasteiger partial charge in [0.15, 0.2) is 0 Å². The van der Waals surface area contributed by atoms with Crippen molar-refractivity contribution in [2.75, 3.05) is 0 Å². The van der Waals surface area contributed by atoms with E-state index >= 15 is 0 Å². The molecule has 17 heavy (non-hydrogen) atoms. The molecule has 0 aromatic carbocycles. The average Bonchev–Trinajstić information content (AvgIpc) is 2.00. The van der Waals surface area contributed by atoms with Crippen LogP contribution in [0.1, 0.15) is 0 Å². The first-order chi connectivity index (χ1) is 6.72. The number of alkyl halides is 3. The maximum Gasteiger partial charge on any atom is 0.534 e. The van der Waals surface area contributed by atoms with Gasteiger partial charge in [0, 0.05) is 19.5 Å². The van der Waals surface area contributed by atoms with E-state index in [1.54, 1.807) is 0 Å². The molecule has 0 saturated carbocycles. The fraction of sp³-hybridized carbons (Fsp3) is 0.125. The zero-order valence-corrected chi connectivity index (χ0v) is 13.7. The summed E-state index contributed by atoms with van der Waals surface area (Å²) in [5, 5.41) is 0. The van der Waals surface area contributed by atoms with Crippen molar-refractivity contribution in [2.24, 2.45) is 0 Å². The van der Waals surface area contributed by atoms with E-state index in [2.05, 4.69) is 10.8 Å². The van der Waals surface area contributed by atoms with Crippen LogP contribution in [0.15, 0.2) is 36.1 Å². The second-order valence-electron chi connectivity index (χ2n) is 2.63. The van der Waals surface area contributed by atoms with E-state index < -0.39 is 21.4 Å². The van der Waals surface area contributed by atoms with Gasteiger partial charge in [-0.3, -0.25) is 0 Å². The Morgan fingerprint density at radius 3 is 2.24 bits per heavy atom. The van der Waals surface area contributed by atoms with Gasteiger partial charge >= 0.3 is 15.6 Å². The minimum absolute atomic E-state index is 0. The second kappa shape index (κ2) is 6.70. The van der Waals surface area contributed by atoms with Gasteiger partial charge in [0.05, 0.1) is 6.42 Å². The van der Waals surface area contributed by atoms with E-state index in [4.69, 9.17) is 0 Å². The van der Waals surface area contributed by atoms with Crippen molar-refractivity contribution in [3.05, 3.63) is 42.6 Å². The van der Waals surface area contributed by atoms with Crippen LogP contribution in [0.2, 0.25) is 0 Å². The van der Waals surface area contributed by atoms with Crippen LogP contribution in [0.3, 0.4) is 0 Å². The number of hydrogen-bond acceptors (Lipinski definition) is 3. The van der Waals surface area contributed by atoms with Crippen molar-refractivity contribution in [2.45, 2.75) is 5.51 Å². The number of allylic oxidation sites excluding steroid dienone is 4. The Kier molecular flexibility index (Phi) is 7.58. The van der Waals surface area contributed by atoms with E-state index in [0.717, 1.165) is 12.5 Å². The van der Waals surface area contributed by atoms with E-state index in [9.17, 15) is 21.6 Å². The third-order valence-corrected chi connectivity index (χ3v) is 2.37. The summed E-state index contributed by atoms with van der Waals surface area (Å²) in [6.45, 7) is 3.42. The summed E-state index contributed by atoms with van der Waals surface area (Å²) in [7, 11) is -5.60. The molecule has 0 N–H and O–H groups in total. The molecule has 9 heteroatoms. The summed E-state index contributed by atoms with van der Waals surface area (Å²) in [5.41, 5.74) is -5.07. The Morgan fingerprint density at radius 2 is 1.82 bits per heavy atom. The third kappa shape index (κ3) is 5.35. The monoisotopic (exact) mass is 382 g/mol. The van der Waals surface area contributed by atoms with Gasteiger partial charge in [-0.05, 0) is 11.6 Å². The van der Waals surface area contributed by atoms with Crippen LogP contribution >= 0.6 is 0 Å². The van der Waals surface area contributed by atoms with Crippen molar-refractivity contribution >= 4 is 10.1 Å². The largest absolute Gasteiger partial charge is 1.00 e. The van der Waals surface area contributed by atoms with Crippen LogP contribution in [-0.2, 0) is 33.8 Å². The summed E-state index contributed by atoms with van der Waals surface area (Å²) in [5.74, 6) is -0.417. The van der Waals surface area contributed by atoms with Crippen LogP contribution in [0.4, 0.5) is 13.2 Å². The summed E-state index contributed by atoms with van der Waals surface area (Å²) in [6.07, 6.45) is 5.01. The average molecular weight is 384 g/mol. The maximum absolute atomic E-state index is 11.9. The predicted octanol–water partition coefficient (Wildman–Crippen LogP) is -0.932. The Hall–Kier alpha value is -0.137. The van der Waals surface area contributed by atoms with Gasteiger partial charge in [0.2, 0.25) is 0 Å². The predicted molar refractivity (Wildman–Crippen MR) is 46.7 cm³/mol. The van der Waals surface area contributed by atoms with Crippen molar-refractivity contribution in [1.29, 1.82) is 0 Å². The fourth-order valence-corrected chi connectivity index (χ4v) is 1.22. The van der Waals surface area contributed by atoms with Crippen LogP contribution in [0, 0.1) is 6.42 Å². The Labute approximate surface area is 120 Å². The molecule has 0 heterocycles. The van der Waals surface area contributed by atoms with Gasteiger partial charge in [-0.25, -0.2) is 0 Å². The van der Waals surface area contributed by atoms with Crippen molar-refractivity contribution < 1.29 is 62.2 Å². The van der Waals surface area contributed by atoms with Gasteiger partial charge < -0.3 is 21.2 Å². The summed E-state index contributed by atoms with van der Waals surface area (Å²) in [4.78, 5) is 0. The molecule has 0 aromatic rings. The molecule has 1 radical (unpaired) electrons. The molecule has 0 aliphatic heterocycles. The van der Waals surface area contributed by atoms with Gasteiger partial charge in [-0.2, -0.15) is 21.6 Å². The van der Waals surface area contributed by atoms with Crippen molar-refractivity contribution in [3.8, 4) is 0 Å². The van der Waals surface area contributed by atoms with E-state index in [1.807, 2.05) is 0 Å². The number of hydrogen-bond donors (Lipinski definition) is 0. The Balaban J connectivity index is 0. The topological polar surface area (TPSA) is 43.4 Å². The molecule has 0 atom stereocenters. The summed E-state index contributed by atoms with van der Waals surface area (Å²) < 4.78 is 60.7. The van der Waals surface area contributed by atoms with Crippen LogP contribution in [0.25, 0.3) is 0 Å². The first-order valence-corrected chi connectivity index (χ1v) is 5.06. The molecule has 0 saturated heterocycles. The molecule has 0 aromatic heterocycles. The minimum Gasteiger partial charge on any atom is -1.00 e. The minimum atomic E-state index is -5.60. The summed E-state index contributed by atoms with van der Waals surface area (Å²) in [6, 6.07) is 0. The van der Waals surface area contributed by atoms with Gasteiger partial charge in [-0.15, -0.1) is 0 Å². The molecule has 93 valence electrons. The van der Waals surface area contributed by atoms with Gasteiger partial charge in [0.25, 0.3) is 0 Å². The zero-order valence-electron chi connectivity index (χ0n) is 8.37. The van der Waals surface area contributed by atoms with E-state index in [0.29, 0.717) is 5.57 Å². The second-order valence-corrected chi connectivity index (χ2v) is 4.17. The normalized spacial score (nSPS) is 15.5. The molecule has 3 nitrogen and oxygen atoms in total. The van der Waals surface area contributed by atoms with E-state index in [1.165, 1.54) is 12.2 Å². The van der Waals surface area contributed by atoms with Crippen LogP contribution < -0.4 is 17.0 Å². The molecule has 1 aliphatic carbocycles. The Bertz CT molecular complexity index is 439. The van der Waals surface area contributed by atoms with E-state index in [-0.39, 0.29) is 36.5 Å². The third-order valence-electron chi connectivity index (χ3n) is 1.39. The SMILES string of the molecule is C=C1[CH]C(OS(=O)(=O)C(F)(F)F)=CC=C1.[Br-].[Zn].